The molecular formula is C18H27N3O3. The van der Waals surface area contributed by atoms with Gasteiger partial charge in [-0.05, 0) is 25.0 Å². The fraction of sp³-hybridized carbons (Fsp3) is 0.667. The molecule has 2 N–H and O–H groups in total. The van der Waals surface area contributed by atoms with Crippen molar-refractivity contribution in [2.45, 2.75) is 32.1 Å². The van der Waals surface area contributed by atoms with Gasteiger partial charge in [0.15, 0.2) is 5.69 Å². The zero-order valence-corrected chi connectivity index (χ0v) is 14.2. The first-order chi connectivity index (χ1) is 11.7. The Morgan fingerprint density at radius 1 is 1.25 bits per heavy atom. The first-order valence-electron chi connectivity index (χ1n) is 8.91. The van der Waals surface area contributed by atoms with Crippen molar-refractivity contribution in [3.05, 3.63) is 23.9 Å². The molecule has 1 aliphatic heterocycles. The summed E-state index contributed by atoms with van der Waals surface area (Å²) in [4.78, 5) is 17.8. The molecule has 6 heteroatoms. The first-order valence-corrected chi connectivity index (χ1v) is 8.91. The number of aromatic nitrogens is 1. The monoisotopic (exact) mass is 333 g/mol. The van der Waals surface area contributed by atoms with Crippen molar-refractivity contribution in [3.63, 3.8) is 0 Å². The summed E-state index contributed by atoms with van der Waals surface area (Å²) in [5.41, 5.74) is 0.335. The maximum atomic E-state index is 11.1. The quantitative estimate of drug-likeness (QED) is 0.833. The van der Waals surface area contributed by atoms with E-state index in [0.29, 0.717) is 5.82 Å². The predicted octanol–water partition coefficient (Wildman–Crippen LogP) is 2.47. The maximum Gasteiger partial charge on any atom is 0.354 e. The first kappa shape index (κ1) is 17.2. The zero-order chi connectivity index (χ0) is 16.8. The summed E-state index contributed by atoms with van der Waals surface area (Å²) in [6, 6.07) is 5.11. The number of hydrogen-bond donors (Lipinski definition) is 2. The van der Waals surface area contributed by atoms with Crippen molar-refractivity contribution in [2.75, 3.05) is 44.7 Å². The molecule has 132 valence electrons. The molecule has 0 unspecified atom stereocenters. The molecule has 0 amide bonds. The molecular weight excluding hydrogens is 306 g/mol. The number of carboxylic acids is 1. The Labute approximate surface area is 143 Å². The molecule has 3 rings (SSSR count). The van der Waals surface area contributed by atoms with Gasteiger partial charge in [0.2, 0.25) is 0 Å². The summed E-state index contributed by atoms with van der Waals surface area (Å²) in [5, 5.41) is 12.5. The number of carboxylic acid groups (broad SMARTS) is 1. The highest BCUT2D eigenvalue weighted by Gasteiger charge is 2.34. The Balaban J connectivity index is 1.65. The van der Waals surface area contributed by atoms with Gasteiger partial charge in [-0.3, -0.25) is 4.90 Å². The fourth-order valence-electron chi connectivity index (χ4n) is 3.86. The topological polar surface area (TPSA) is 74.7 Å². The van der Waals surface area contributed by atoms with Gasteiger partial charge in [0.25, 0.3) is 0 Å². The number of morpholine rings is 1. The SMILES string of the molecule is O=C(O)c1cccc(NCC2(CN3CCOCC3)CCCCC2)n1. The Bertz CT molecular complexity index is 552. The molecule has 1 aromatic rings. The highest BCUT2D eigenvalue weighted by atomic mass is 16.5. The van der Waals surface area contributed by atoms with Crippen LogP contribution in [0.25, 0.3) is 0 Å². The number of hydrogen-bond acceptors (Lipinski definition) is 5. The van der Waals surface area contributed by atoms with Crippen LogP contribution in [0.15, 0.2) is 18.2 Å². The molecule has 0 atom stereocenters. The van der Waals surface area contributed by atoms with Gasteiger partial charge in [-0.25, -0.2) is 9.78 Å². The van der Waals surface area contributed by atoms with E-state index in [9.17, 15) is 4.79 Å². The lowest BCUT2D eigenvalue weighted by Gasteiger charge is -2.42. The highest BCUT2D eigenvalue weighted by molar-refractivity contribution is 5.85. The summed E-state index contributed by atoms with van der Waals surface area (Å²) in [6.45, 7) is 5.60. The Kier molecular flexibility index (Phi) is 5.68. The summed E-state index contributed by atoms with van der Waals surface area (Å²) in [6.07, 6.45) is 6.30. The second-order valence-corrected chi connectivity index (χ2v) is 7.02. The Morgan fingerprint density at radius 2 is 2.00 bits per heavy atom. The average molecular weight is 333 g/mol. The van der Waals surface area contributed by atoms with E-state index in [1.807, 2.05) is 6.07 Å². The van der Waals surface area contributed by atoms with E-state index >= 15 is 0 Å². The van der Waals surface area contributed by atoms with E-state index in [1.165, 1.54) is 38.2 Å². The number of nitrogens with zero attached hydrogens (tertiary/aromatic N) is 2. The van der Waals surface area contributed by atoms with Crippen LogP contribution in [0.2, 0.25) is 0 Å². The molecule has 0 aromatic carbocycles. The smallest absolute Gasteiger partial charge is 0.354 e. The van der Waals surface area contributed by atoms with Gasteiger partial charge in [0, 0.05) is 31.6 Å². The van der Waals surface area contributed by atoms with Crippen molar-refractivity contribution in [2.24, 2.45) is 5.41 Å². The standard InChI is InChI=1S/C18H27N3O3/c22-17(23)15-5-4-6-16(20-15)19-13-18(7-2-1-3-8-18)14-21-9-11-24-12-10-21/h4-6H,1-3,7-14H2,(H,19,20)(H,22,23). The highest BCUT2D eigenvalue weighted by Crippen LogP contribution is 2.37. The molecule has 2 heterocycles. The maximum absolute atomic E-state index is 11.1. The minimum atomic E-state index is -0.987. The number of rotatable bonds is 6. The van der Waals surface area contributed by atoms with Gasteiger partial charge in [-0.2, -0.15) is 0 Å². The van der Waals surface area contributed by atoms with Crippen molar-refractivity contribution >= 4 is 11.8 Å². The second kappa shape index (κ2) is 7.94. The van der Waals surface area contributed by atoms with Gasteiger partial charge >= 0.3 is 5.97 Å². The van der Waals surface area contributed by atoms with Gasteiger partial charge in [0.05, 0.1) is 13.2 Å². The second-order valence-electron chi connectivity index (χ2n) is 7.02. The number of aromatic carboxylic acids is 1. The molecule has 1 aromatic heterocycles. The normalized spacial score (nSPS) is 21.3. The third-order valence-electron chi connectivity index (χ3n) is 5.19. The molecule has 1 saturated carbocycles. The van der Waals surface area contributed by atoms with E-state index in [0.717, 1.165) is 39.4 Å². The summed E-state index contributed by atoms with van der Waals surface area (Å²) in [5.74, 6) is -0.332. The zero-order valence-electron chi connectivity index (χ0n) is 14.2. The summed E-state index contributed by atoms with van der Waals surface area (Å²) < 4.78 is 5.46. The average Bonchev–Trinajstić information content (AvgIpc) is 2.62. The minimum absolute atomic E-state index is 0.0888. The van der Waals surface area contributed by atoms with Crippen LogP contribution < -0.4 is 5.32 Å². The third kappa shape index (κ3) is 4.45. The molecule has 24 heavy (non-hydrogen) atoms. The fourth-order valence-corrected chi connectivity index (χ4v) is 3.86. The molecule has 0 spiro atoms. The van der Waals surface area contributed by atoms with Crippen LogP contribution in [0.3, 0.4) is 0 Å². The summed E-state index contributed by atoms with van der Waals surface area (Å²) >= 11 is 0. The Hall–Kier alpha value is -1.66. The number of carbonyl (C=O) groups is 1. The molecule has 1 saturated heterocycles. The molecule has 1 aliphatic carbocycles. The number of nitrogens with one attached hydrogen (secondary N) is 1. The minimum Gasteiger partial charge on any atom is -0.477 e. The molecule has 2 aliphatic rings. The van der Waals surface area contributed by atoms with E-state index < -0.39 is 5.97 Å². The van der Waals surface area contributed by atoms with E-state index in [1.54, 1.807) is 6.07 Å². The number of ether oxygens (including phenoxy) is 1. The van der Waals surface area contributed by atoms with E-state index in [2.05, 4.69) is 15.2 Å². The van der Waals surface area contributed by atoms with Crippen LogP contribution in [0.4, 0.5) is 5.82 Å². The molecule has 0 radical (unpaired) electrons. The van der Waals surface area contributed by atoms with Crippen molar-refractivity contribution in [1.82, 2.24) is 9.88 Å². The Morgan fingerprint density at radius 3 is 2.71 bits per heavy atom. The van der Waals surface area contributed by atoms with Crippen LogP contribution in [0.5, 0.6) is 0 Å². The molecule has 6 nitrogen and oxygen atoms in total. The van der Waals surface area contributed by atoms with Crippen molar-refractivity contribution < 1.29 is 14.6 Å². The van der Waals surface area contributed by atoms with Gasteiger partial charge < -0.3 is 15.2 Å². The van der Waals surface area contributed by atoms with Crippen LogP contribution in [0, 0.1) is 5.41 Å². The lowest BCUT2D eigenvalue weighted by Crippen LogP contribution is -2.47. The largest absolute Gasteiger partial charge is 0.477 e. The summed E-state index contributed by atoms with van der Waals surface area (Å²) in [7, 11) is 0. The number of anilines is 1. The van der Waals surface area contributed by atoms with Crippen LogP contribution >= 0.6 is 0 Å². The lowest BCUT2D eigenvalue weighted by molar-refractivity contribution is 0.0102. The lowest BCUT2D eigenvalue weighted by atomic mass is 9.73. The van der Waals surface area contributed by atoms with Crippen LogP contribution in [-0.2, 0) is 4.74 Å². The van der Waals surface area contributed by atoms with Gasteiger partial charge in [-0.15, -0.1) is 0 Å². The molecule has 0 bridgehead atoms. The van der Waals surface area contributed by atoms with E-state index in [4.69, 9.17) is 9.84 Å². The predicted molar refractivity (Wildman–Crippen MR) is 92.5 cm³/mol. The number of pyridine rings is 1. The van der Waals surface area contributed by atoms with Gasteiger partial charge in [0.1, 0.15) is 5.82 Å². The van der Waals surface area contributed by atoms with E-state index in [-0.39, 0.29) is 11.1 Å². The van der Waals surface area contributed by atoms with Crippen molar-refractivity contribution in [3.8, 4) is 0 Å². The third-order valence-corrected chi connectivity index (χ3v) is 5.19. The van der Waals surface area contributed by atoms with Crippen molar-refractivity contribution in [1.29, 1.82) is 0 Å². The van der Waals surface area contributed by atoms with Crippen LogP contribution in [0.1, 0.15) is 42.6 Å². The van der Waals surface area contributed by atoms with Gasteiger partial charge in [-0.1, -0.05) is 25.3 Å². The molecule has 2 fully saturated rings. The van der Waals surface area contributed by atoms with Crippen LogP contribution in [-0.4, -0.2) is 60.4 Å².